The lowest BCUT2D eigenvalue weighted by Crippen LogP contribution is -2.48. The summed E-state index contributed by atoms with van der Waals surface area (Å²) in [5.74, 6) is 0.465. The van der Waals surface area contributed by atoms with E-state index in [9.17, 15) is 9.18 Å². The molecule has 0 atom stereocenters. The molecule has 1 aliphatic heterocycles. The summed E-state index contributed by atoms with van der Waals surface area (Å²) in [4.78, 5) is 16.9. The van der Waals surface area contributed by atoms with Crippen molar-refractivity contribution in [3.63, 3.8) is 0 Å². The van der Waals surface area contributed by atoms with E-state index in [2.05, 4.69) is 15.1 Å². The molecule has 0 saturated carbocycles. The summed E-state index contributed by atoms with van der Waals surface area (Å²) in [5.41, 5.74) is 3.90. The number of rotatable bonds is 6. The number of methoxy groups -OCH3 is 1. The second kappa shape index (κ2) is 9.17. The van der Waals surface area contributed by atoms with Gasteiger partial charge in [0.25, 0.3) is 0 Å². The van der Waals surface area contributed by atoms with Crippen LogP contribution in [0.3, 0.4) is 0 Å². The Kier molecular flexibility index (Phi) is 6.65. The van der Waals surface area contributed by atoms with Crippen molar-refractivity contribution in [2.75, 3.05) is 45.2 Å². The highest BCUT2D eigenvalue weighted by Gasteiger charge is 2.20. The van der Waals surface area contributed by atoms with Gasteiger partial charge in [-0.25, -0.2) is 4.39 Å². The fourth-order valence-corrected chi connectivity index (χ4v) is 3.61. The maximum atomic E-state index is 13.6. The van der Waals surface area contributed by atoms with Crippen LogP contribution in [0.4, 0.5) is 10.1 Å². The molecule has 1 saturated heterocycles. The van der Waals surface area contributed by atoms with Gasteiger partial charge in [-0.1, -0.05) is 18.2 Å². The van der Waals surface area contributed by atoms with Crippen LogP contribution in [0.15, 0.2) is 36.4 Å². The monoisotopic (exact) mass is 385 g/mol. The fraction of sp³-hybridized carbons (Fsp3) is 0.409. The van der Waals surface area contributed by atoms with Gasteiger partial charge >= 0.3 is 0 Å². The van der Waals surface area contributed by atoms with E-state index in [0.29, 0.717) is 18.8 Å². The lowest BCUT2D eigenvalue weighted by molar-refractivity contribution is -0.117. The number of benzene rings is 2. The van der Waals surface area contributed by atoms with E-state index < -0.39 is 0 Å². The molecule has 1 amide bonds. The molecule has 0 aliphatic carbocycles. The van der Waals surface area contributed by atoms with Crippen molar-refractivity contribution in [2.45, 2.75) is 20.4 Å². The maximum absolute atomic E-state index is 13.6. The number of para-hydroxylation sites is 1. The second-order valence-electron chi connectivity index (χ2n) is 7.32. The van der Waals surface area contributed by atoms with Crippen molar-refractivity contribution in [2.24, 2.45) is 0 Å². The minimum Gasteiger partial charge on any atom is -0.496 e. The van der Waals surface area contributed by atoms with E-state index in [-0.39, 0.29) is 11.7 Å². The number of nitrogens with one attached hydrogen (secondary N) is 1. The van der Waals surface area contributed by atoms with Crippen LogP contribution in [-0.2, 0) is 11.3 Å². The maximum Gasteiger partial charge on any atom is 0.238 e. The van der Waals surface area contributed by atoms with Crippen LogP contribution in [0.25, 0.3) is 0 Å². The van der Waals surface area contributed by atoms with Gasteiger partial charge in [0.05, 0.1) is 13.7 Å². The molecule has 1 fully saturated rings. The number of carbonyl (C=O) groups excluding carboxylic acids is 1. The first-order chi connectivity index (χ1) is 13.5. The highest BCUT2D eigenvalue weighted by molar-refractivity contribution is 5.93. The summed E-state index contributed by atoms with van der Waals surface area (Å²) in [6, 6.07) is 10.6. The topological polar surface area (TPSA) is 44.8 Å². The van der Waals surface area contributed by atoms with E-state index in [0.717, 1.165) is 48.6 Å². The molecule has 1 heterocycles. The molecule has 6 heteroatoms. The third kappa shape index (κ3) is 5.09. The van der Waals surface area contributed by atoms with E-state index in [4.69, 9.17) is 4.74 Å². The predicted molar refractivity (Wildman–Crippen MR) is 109 cm³/mol. The number of halogens is 1. The molecule has 1 aliphatic rings. The van der Waals surface area contributed by atoms with Gasteiger partial charge < -0.3 is 10.1 Å². The first kappa shape index (κ1) is 20.3. The van der Waals surface area contributed by atoms with E-state index in [1.165, 1.54) is 12.1 Å². The van der Waals surface area contributed by atoms with Crippen LogP contribution in [0.5, 0.6) is 5.75 Å². The fourth-order valence-electron chi connectivity index (χ4n) is 3.61. The van der Waals surface area contributed by atoms with Crippen molar-refractivity contribution in [1.29, 1.82) is 0 Å². The van der Waals surface area contributed by atoms with E-state index in [1.807, 2.05) is 32.0 Å². The van der Waals surface area contributed by atoms with Crippen molar-refractivity contribution < 1.29 is 13.9 Å². The Balaban J connectivity index is 1.50. The van der Waals surface area contributed by atoms with Crippen molar-refractivity contribution in [3.05, 3.63) is 58.9 Å². The Morgan fingerprint density at radius 1 is 1.07 bits per heavy atom. The molecule has 28 heavy (non-hydrogen) atoms. The molecule has 3 rings (SSSR count). The van der Waals surface area contributed by atoms with Gasteiger partial charge in [-0.05, 0) is 43.2 Å². The number of hydrogen-bond acceptors (Lipinski definition) is 4. The summed E-state index contributed by atoms with van der Waals surface area (Å²) >= 11 is 0. The Morgan fingerprint density at radius 2 is 1.71 bits per heavy atom. The summed E-state index contributed by atoms with van der Waals surface area (Å²) in [6.07, 6.45) is 0. The molecule has 5 nitrogen and oxygen atoms in total. The van der Waals surface area contributed by atoms with E-state index in [1.54, 1.807) is 13.2 Å². The molecular weight excluding hydrogens is 357 g/mol. The number of hydrogen-bond donors (Lipinski definition) is 1. The Labute approximate surface area is 166 Å². The molecule has 0 aromatic heterocycles. The summed E-state index contributed by atoms with van der Waals surface area (Å²) in [5, 5.41) is 3.05. The number of nitrogens with zero attached hydrogens (tertiary/aromatic N) is 2. The molecule has 2 aromatic carbocycles. The van der Waals surface area contributed by atoms with Crippen LogP contribution in [0.1, 0.15) is 16.7 Å². The molecule has 1 N–H and O–H groups in total. The third-order valence-electron chi connectivity index (χ3n) is 5.21. The number of amides is 1. The zero-order valence-corrected chi connectivity index (χ0v) is 16.8. The van der Waals surface area contributed by atoms with Gasteiger partial charge in [0.15, 0.2) is 0 Å². The summed E-state index contributed by atoms with van der Waals surface area (Å²) in [7, 11) is 1.60. The molecule has 0 radical (unpaired) electrons. The molecule has 0 spiro atoms. The quantitative estimate of drug-likeness (QED) is 0.829. The predicted octanol–water partition coefficient (Wildman–Crippen LogP) is 3.21. The van der Waals surface area contributed by atoms with Gasteiger partial charge in [0, 0.05) is 44.0 Å². The number of piperazine rings is 1. The van der Waals surface area contributed by atoms with Crippen molar-refractivity contribution >= 4 is 11.6 Å². The third-order valence-corrected chi connectivity index (χ3v) is 5.21. The van der Waals surface area contributed by atoms with Gasteiger partial charge in [0.1, 0.15) is 11.6 Å². The van der Waals surface area contributed by atoms with Gasteiger partial charge in [0.2, 0.25) is 5.91 Å². The second-order valence-corrected chi connectivity index (χ2v) is 7.32. The molecular formula is C22H28FN3O2. The standard InChI is InChI=1S/C22H28FN3O2/c1-16-5-4-6-17(2)22(16)24-21(27)15-26-11-9-25(10-12-26)14-18-13-19(23)7-8-20(18)28-3/h4-8,13H,9-12,14-15H2,1-3H3,(H,24,27). The first-order valence-electron chi connectivity index (χ1n) is 9.59. The van der Waals surface area contributed by atoms with Crippen LogP contribution in [0, 0.1) is 19.7 Å². The zero-order valence-electron chi connectivity index (χ0n) is 16.8. The Hall–Kier alpha value is -2.44. The number of aryl methyl sites for hydroxylation is 2. The van der Waals surface area contributed by atoms with Crippen molar-refractivity contribution in [1.82, 2.24) is 9.80 Å². The lowest BCUT2D eigenvalue weighted by atomic mass is 10.1. The Bertz CT molecular complexity index is 812. The normalized spacial score (nSPS) is 15.4. The minimum atomic E-state index is -0.252. The largest absolute Gasteiger partial charge is 0.496 e. The number of anilines is 1. The molecule has 0 unspecified atom stereocenters. The highest BCUT2D eigenvalue weighted by Crippen LogP contribution is 2.22. The number of ether oxygens (including phenoxy) is 1. The minimum absolute atomic E-state index is 0.0117. The number of carbonyl (C=O) groups is 1. The molecule has 0 bridgehead atoms. The van der Waals surface area contributed by atoms with E-state index >= 15 is 0 Å². The highest BCUT2D eigenvalue weighted by atomic mass is 19.1. The van der Waals surface area contributed by atoms with Crippen LogP contribution in [-0.4, -0.2) is 55.5 Å². The lowest BCUT2D eigenvalue weighted by Gasteiger charge is -2.34. The van der Waals surface area contributed by atoms with Crippen LogP contribution >= 0.6 is 0 Å². The smallest absolute Gasteiger partial charge is 0.238 e. The SMILES string of the molecule is COc1ccc(F)cc1CN1CCN(CC(=O)Nc2c(C)cccc2C)CC1. The summed E-state index contributed by atoms with van der Waals surface area (Å²) in [6.45, 7) is 8.29. The first-order valence-corrected chi connectivity index (χ1v) is 9.59. The summed E-state index contributed by atoms with van der Waals surface area (Å²) < 4.78 is 18.9. The molecule has 150 valence electrons. The average Bonchev–Trinajstić information content (AvgIpc) is 2.67. The average molecular weight is 385 g/mol. The zero-order chi connectivity index (χ0) is 20.1. The Morgan fingerprint density at radius 3 is 2.36 bits per heavy atom. The van der Waals surface area contributed by atoms with Crippen molar-refractivity contribution in [3.8, 4) is 5.75 Å². The van der Waals surface area contributed by atoms with Gasteiger partial charge in [-0.3, -0.25) is 14.6 Å². The van der Waals surface area contributed by atoms with Crippen LogP contribution < -0.4 is 10.1 Å². The van der Waals surface area contributed by atoms with Gasteiger partial charge in [-0.2, -0.15) is 0 Å². The molecule has 2 aromatic rings. The van der Waals surface area contributed by atoms with Gasteiger partial charge in [-0.15, -0.1) is 0 Å². The van der Waals surface area contributed by atoms with Crippen LogP contribution in [0.2, 0.25) is 0 Å².